The number of carbonyl (C=O) groups excluding carboxylic acids is 1. The van der Waals surface area contributed by atoms with Crippen molar-refractivity contribution in [2.45, 2.75) is 11.3 Å². The fourth-order valence-electron chi connectivity index (χ4n) is 2.24. The molecule has 1 amide bonds. The third-order valence-corrected chi connectivity index (χ3v) is 4.16. The number of morpholine rings is 1. The van der Waals surface area contributed by atoms with Gasteiger partial charge in [-0.2, -0.15) is 5.26 Å². The zero-order valence-electron chi connectivity index (χ0n) is 12.1. The van der Waals surface area contributed by atoms with Crippen LogP contribution in [-0.4, -0.2) is 49.9 Å². The monoisotopic (exact) mass is 305 g/mol. The Morgan fingerprint density at radius 3 is 2.90 bits per heavy atom. The Hall–Kier alpha value is -1.71. The molecule has 0 atom stereocenters. The predicted octanol–water partition coefficient (Wildman–Crippen LogP) is 1.94. The van der Waals surface area contributed by atoms with E-state index in [2.05, 4.69) is 11.4 Å². The number of nitrogens with one attached hydrogen (secondary N) is 1. The Bertz CT molecular complexity index is 536. The molecule has 1 aromatic carbocycles. The maximum atomic E-state index is 12.0. The van der Waals surface area contributed by atoms with E-state index in [-0.39, 0.29) is 5.91 Å². The van der Waals surface area contributed by atoms with Crippen molar-refractivity contribution in [1.82, 2.24) is 4.90 Å². The normalized spacial score (nSPS) is 14.6. The number of rotatable bonds is 5. The van der Waals surface area contributed by atoms with Crippen molar-refractivity contribution in [2.24, 2.45) is 0 Å². The van der Waals surface area contributed by atoms with E-state index in [4.69, 9.17) is 4.74 Å². The second kappa shape index (κ2) is 7.91. The number of anilines is 1. The van der Waals surface area contributed by atoms with Crippen molar-refractivity contribution in [3.05, 3.63) is 23.8 Å². The molecule has 0 aromatic heterocycles. The maximum absolute atomic E-state index is 12.0. The van der Waals surface area contributed by atoms with Gasteiger partial charge in [0.2, 0.25) is 5.91 Å². The van der Waals surface area contributed by atoms with Crippen molar-refractivity contribution in [3.63, 3.8) is 0 Å². The Kier molecular flexibility index (Phi) is 5.90. The second-order valence-corrected chi connectivity index (χ2v) is 5.51. The lowest BCUT2D eigenvalue weighted by Gasteiger charge is -2.27. The number of thioether (sulfide) groups is 1. The second-order valence-electron chi connectivity index (χ2n) is 4.66. The minimum Gasteiger partial charge on any atom is -0.383 e. The third kappa shape index (κ3) is 4.13. The molecule has 1 aliphatic rings. The summed E-state index contributed by atoms with van der Waals surface area (Å²) < 4.78 is 5.23. The molecule has 1 saturated heterocycles. The molecule has 0 radical (unpaired) electrons. The standard InChI is InChI=1S/C15H19N3O2S/c1-21-14-4-2-3-13(12(14)11-16)17-6-5-15(19)18-7-9-20-10-8-18/h2-4,17H,5-10H2,1H3. The highest BCUT2D eigenvalue weighted by atomic mass is 32.2. The first-order valence-electron chi connectivity index (χ1n) is 6.92. The zero-order valence-corrected chi connectivity index (χ0v) is 12.9. The van der Waals surface area contributed by atoms with Crippen LogP contribution < -0.4 is 5.32 Å². The molecule has 6 heteroatoms. The number of ether oxygens (including phenoxy) is 1. The summed E-state index contributed by atoms with van der Waals surface area (Å²) in [5, 5.41) is 12.4. The van der Waals surface area contributed by atoms with E-state index >= 15 is 0 Å². The molecule has 112 valence electrons. The minimum absolute atomic E-state index is 0.130. The number of nitriles is 1. The molecule has 21 heavy (non-hydrogen) atoms. The first kappa shape index (κ1) is 15.7. The highest BCUT2D eigenvalue weighted by Gasteiger charge is 2.16. The number of benzene rings is 1. The Labute approximate surface area is 129 Å². The van der Waals surface area contributed by atoms with Gasteiger partial charge >= 0.3 is 0 Å². The summed E-state index contributed by atoms with van der Waals surface area (Å²) in [5.41, 5.74) is 1.43. The molecule has 1 fully saturated rings. The van der Waals surface area contributed by atoms with E-state index in [1.54, 1.807) is 11.8 Å². The van der Waals surface area contributed by atoms with Crippen LogP contribution in [0.2, 0.25) is 0 Å². The molecule has 0 unspecified atom stereocenters. The highest BCUT2D eigenvalue weighted by Crippen LogP contribution is 2.26. The molecule has 1 heterocycles. The lowest BCUT2D eigenvalue weighted by atomic mass is 10.2. The van der Waals surface area contributed by atoms with Gasteiger partial charge in [-0.05, 0) is 18.4 Å². The van der Waals surface area contributed by atoms with Crippen LogP contribution >= 0.6 is 11.8 Å². The predicted molar refractivity (Wildman–Crippen MR) is 83.4 cm³/mol. The molecule has 1 aromatic rings. The van der Waals surface area contributed by atoms with E-state index < -0.39 is 0 Å². The summed E-state index contributed by atoms with van der Waals surface area (Å²) in [4.78, 5) is 14.8. The summed E-state index contributed by atoms with van der Waals surface area (Å²) >= 11 is 1.55. The molecular weight excluding hydrogens is 286 g/mol. The lowest BCUT2D eigenvalue weighted by Crippen LogP contribution is -2.41. The van der Waals surface area contributed by atoms with E-state index in [1.807, 2.05) is 29.4 Å². The summed E-state index contributed by atoms with van der Waals surface area (Å²) in [6, 6.07) is 7.93. The SMILES string of the molecule is CSc1cccc(NCCC(=O)N2CCOCC2)c1C#N. The van der Waals surface area contributed by atoms with Crippen LogP contribution in [0.1, 0.15) is 12.0 Å². The van der Waals surface area contributed by atoms with Crippen LogP contribution in [0.15, 0.2) is 23.1 Å². The van der Waals surface area contributed by atoms with Gasteiger partial charge in [0.05, 0.1) is 24.5 Å². The topological polar surface area (TPSA) is 65.4 Å². The summed E-state index contributed by atoms with van der Waals surface area (Å²) in [7, 11) is 0. The average Bonchev–Trinajstić information content (AvgIpc) is 2.55. The molecule has 0 aliphatic carbocycles. The highest BCUT2D eigenvalue weighted by molar-refractivity contribution is 7.98. The fraction of sp³-hybridized carbons (Fsp3) is 0.467. The molecule has 1 aliphatic heterocycles. The summed E-state index contributed by atoms with van der Waals surface area (Å²) in [6.45, 7) is 3.11. The van der Waals surface area contributed by atoms with Crippen molar-refractivity contribution >= 4 is 23.4 Å². The van der Waals surface area contributed by atoms with Crippen LogP contribution in [0, 0.1) is 11.3 Å². The van der Waals surface area contributed by atoms with Crippen LogP contribution in [0.5, 0.6) is 0 Å². The van der Waals surface area contributed by atoms with Crippen LogP contribution in [0.3, 0.4) is 0 Å². The first-order chi connectivity index (χ1) is 10.3. The van der Waals surface area contributed by atoms with Crippen molar-refractivity contribution < 1.29 is 9.53 Å². The number of hydrogen-bond acceptors (Lipinski definition) is 5. The lowest BCUT2D eigenvalue weighted by molar-refractivity contribution is -0.134. The van der Waals surface area contributed by atoms with Crippen LogP contribution in [0.25, 0.3) is 0 Å². The van der Waals surface area contributed by atoms with Gasteiger partial charge in [-0.25, -0.2) is 0 Å². The Balaban J connectivity index is 1.89. The van der Waals surface area contributed by atoms with Gasteiger partial charge in [-0.15, -0.1) is 11.8 Å². The van der Waals surface area contributed by atoms with Crippen molar-refractivity contribution in [1.29, 1.82) is 5.26 Å². The number of hydrogen-bond donors (Lipinski definition) is 1. The van der Waals surface area contributed by atoms with Crippen molar-refractivity contribution in [2.75, 3.05) is 44.4 Å². The first-order valence-corrected chi connectivity index (χ1v) is 8.15. The number of amides is 1. The Morgan fingerprint density at radius 1 is 1.48 bits per heavy atom. The third-order valence-electron chi connectivity index (χ3n) is 3.38. The van der Waals surface area contributed by atoms with Gasteiger partial charge in [-0.1, -0.05) is 6.07 Å². The van der Waals surface area contributed by atoms with Gasteiger partial charge < -0.3 is 15.0 Å². The van der Waals surface area contributed by atoms with E-state index in [0.717, 1.165) is 10.6 Å². The van der Waals surface area contributed by atoms with Gasteiger partial charge in [0, 0.05) is 31.0 Å². The Morgan fingerprint density at radius 2 is 2.24 bits per heavy atom. The minimum atomic E-state index is 0.130. The molecule has 1 N–H and O–H groups in total. The van der Waals surface area contributed by atoms with Gasteiger partial charge in [0.1, 0.15) is 6.07 Å². The molecule has 5 nitrogen and oxygen atoms in total. The maximum Gasteiger partial charge on any atom is 0.224 e. The van der Waals surface area contributed by atoms with E-state index in [9.17, 15) is 10.1 Å². The van der Waals surface area contributed by atoms with Gasteiger partial charge in [-0.3, -0.25) is 4.79 Å². The molecule has 0 saturated carbocycles. The zero-order chi connectivity index (χ0) is 15.1. The largest absolute Gasteiger partial charge is 0.383 e. The number of nitrogens with zero attached hydrogens (tertiary/aromatic N) is 2. The smallest absolute Gasteiger partial charge is 0.224 e. The summed E-state index contributed by atoms with van der Waals surface area (Å²) in [5.74, 6) is 0.130. The fourth-order valence-corrected chi connectivity index (χ4v) is 2.81. The molecule has 0 bridgehead atoms. The molecule has 0 spiro atoms. The quantitative estimate of drug-likeness (QED) is 0.842. The van der Waals surface area contributed by atoms with Crippen LogP contribution in [-0.2, 0) is 9.53 Å². The number of carbonyl (C=O) groups is 1. The van der Waals surface area contributed by atoms with Gasteiger partial charge in [0.15, 0.2) is 0 Å². The van der Waals surface area contributed by atoms with Gasteiger partial charge in [0.25, 0.3) is 0 Å². The van der Waals surface area contributed by atoms with E-state index in [1.165, 1.54) is 0 Å². The summed E-state index contributed by atoms with van der Waals surface area (Å²) in [6.07, 6.45) is 2.37. The molecular formula is C15H19N3O2S. The average molecular weight is 305 g/mol. The van der Waals surface area contributed by atoms with Crippen LogP contribution in [0.4, 0.5) is 5.69 Å². The van der Waals surface area contributed by atoms with E-state index in [0.29, 0.717) is 44.8 Å². The van der Waals surface area contributed by atoms with Crippen molar-refractivity contribution in [3.8, 4) is 6.07 Å². The molecule has 2 rings (SSSR count).